The SMILES string of the molecule is CN1CCN2CC(c3ccncc3)NCC2C1. The molecule has 0 radical (unpaired) electrons. The highest BCUT2D eigenvalue weighted by atomic mass is 15.3. The minimum absolute atomic E-state index is 0.470. The van der Waals surface area contributed by atoms with Crippen LogP contribution in [0.2, 0.25) is 0 Å². The summed E-state index contributed by atoms with van der Waals surface area (Å²) in [6, 6.07) is 5.40. The third kappa shape index (κ3) is 2.34. The van der Waals surface area contributed by atoms with Crippen LogP contribution in [0.4, 0.5) is 0 Å². The monoisotopic (exact) mass is 232 g/mol. The molecule has 2 saturated heterocycles. The summed E-state index contributed by atoms with van der Waals surface area (Å²) >= 11 is 0. The van der Waals surface area contributed by atoms with Gasteiger partial charge in [0.25, 0.3) is 0 Å². The summed E-state index contributed by atoms with van der Waals surface area (Å²) in [6.45, 7) is 5.81. The van der Waals surface area contributed by atoms with E-state index in [1.807, 2.05) is 12.4 Å². The topological polar surface area (TPSA) is 31.4 Å². The molecule has 0 bridgehead atoms. The Morgan fingerprint density at radius 2 is 2.06 bits per heavy atom. The average Bonchev–Trinajstić information content (AvgIpc) is 2.39. The zero-order valence-electron chi connectivity index (χ0n) is 10.3. The minimum atomic E-state index is 0.470. The van der Waals surface area contributed by atoms with Crippen molar-refractivity contribution in [2.75, 3.05) is 39.8 Å². The molecule has 3 heterocycles. The summed E-state index contributed by atoms with van der Waals surface area (Å²) in [6.07, 6.45) is 3.76. The number of piperazine rings is 2. The lowest BCUT2D eigenvalue weighted by molar-refractivity contribution is 0.0538. The highest BCUT2D eigenvalue weighted by Crippen LogP contribution is 2.21. The van der Waals surface area contributed by atoms with E-state index in [9.17, 15) is 0 Å². The van der Waals surface area contributed by atoms with E-state index in [4.69, 9.17) is 0 Å². The Labute approximate surface area is 103 Å². The third-order valence-electron chi connectivity index (χ3n) is 3.93. The van der Waals surface area contributed by atoms with Gasteiger partial charge in [-0.1, -0.05) is 0 Å². The van der Waals surface area contributed by atoms with Gasteiger partial charge in [0.1, 0.15) is 0 Å². The van der Waals surface area contributed by atoms with Gasteiger partial charge in [0, 0.05) is 57.2 Å². The van der Waals surface area contributed by atoms with Crippen LogP contribution in [0.25, 0.3) is 0 Å². The molecule has 92 valence electrons. The molecular weight excluding hydrogens is 212 g/mol. The summed E-state index contributed by atoms with van der Waals surface area (Å²) in [5, 5.41) is 3.66. The molecule has 0 aliphatic carbocycles. The Hall–Kier alpha value is -0.970. The molecule has 0 spiro atoms. The van der Waals surface area contributed by atoms with Crippen molar-refractivity contribution < 1.29 is 0 Å². The Morgan fingerprint density at radius 3 is 2.88 bits per heavy atom. The number of likely N-dealkylation sites (N-methyl/N-ethyl adjacent to an activating group) is 1. The summed E-state index contributed by atoms with van der Waals surface area (Å²) in [7, 11) is 2.21. The maximum absolute atomic E-state index is 4.08. The quantitative estimate of drug-likeness (QED) is 0.757. The van der Waals surface area contributed by atoms with Crippen LogP contribution < -0.4 is 5.32 Å². The largest absolute Gasteiger partial charge is 0.307 e. The predicted molar refractivity (Wildman–Crippen MR) is 67.8 cm³/mol. The molecule has 2 aliphatic heterocycles. The molecule has 1 N–H and O–H groups in total. The number of hydrogen-bond acceptors (Lipinski definition) is 4. The van der Waals surface area contributed by atoms with Crippen LogP contribution in [-0.4, -0.2) is 60.6 Å². The Kier molecular flexibility index (Phi) is 3.09. The first kappa shape index (κ1) is 11.1. The second-order valence-electron chi connectivity index (χ2n) is 5.15. The molecule has 2 aliphatic rings. The second-order valence-corrected chi connectivity index (χ2v) is 5.15. The lowest BCUT2D eigenvalue weighted by atomic mass is 10.0. The molecule has 0 saturated carbocycles. The van der Waals surface area contributed by atoms with E-state index < -0.39 is 0 Å². The van der Waals surface area contributed by atoms with Crippen molar-refractivity contribution in [1.29, 1.82) is 0 Å². The predicted octanol–water partition coefficient (Wildman–Crippen LogP) is 0.342. The first-order valence-electron chi connectivity index (χ1n) is 6.39. The maximum Gasteiger partial charge on any atom is 0.0451 e. The van der Waals surface area contributed by atoms with E-state index in [2.05, 4.69) is 39.3 Å². The lowest BCUT2D eigenvalue weighted by Crippen LogP contribution is -2.61. The first-order chi connectivity index (χ1) is 8.33. The molecule has 0 amide bonds. The number of nitrogens with zero attached hydrogens (tertiary/aromatic N) is 3. The fourth-order valence-electron chi connectivity index (χ4n) is 2.88. The molecule has 2 atom stereocenters. The van der Waals surface area contributed by atoms with E-state index in [1.165, 1.54) is 25.2 Å². The zero-order chi connectivity index (χ0) is 11.7. The fraction of sp³-hybridized carbons (Fsp3) is 0.615. The molecular formula is C13H20N4. The van der Waals surface area contributed by atoms with Crippen molar-refractivity contribution in [3.63, 3.8) is 0 Å². The molecule has 2 unspecified atom stereocenters. The number of aromatic nitrogens is 1. The standard InChI is InChI=1S/C13H20N4/c1-16-6-7-17-10-13(15-8-12(17)9-16)11-2-4-14-5-3-11/h2-5,12-13,15H,6-10H2,1H3. The van der Waals surface area contributed by atoms with E-state index in [-0.39, 0.29) is 0 Å². The van der Waals surface area contributed by atoms with E-state index in [1.54, 1.807) is 0 Å². The molecule has 1 aromatic heterocycles. The number of nitrogens with one attached hydrogen (secondary N) is 1. The van der Waals surface area contributed by atoms with Crippen LogP contribution in [-0.2, 0) is 0 Å². The number of fused-ring (bicyclic) bond motifs is 1. The lowest BCUT2D eigenvalue weighted by Gasteiger charge is -2.46. The highest BCUT2D eigenvalue weighted by Gasteiger charge is 2.31. The Bertz CT molecular complexity index is 367. The van der Waals surface area contributed by atoms with Gasteiger partial charge < -0.3 is 10.2 Å². The smallest absolute Gasteiger partial charge is 0.0451 e. The number of pyridine rings is 1. The van der Waals surface area contributed by atoms with Crippen molar-refractivity contribution in [3.8, 4) is 0 Å². The van der Waals surface area contributed by atoms with E-state index in [0.717, 1.165) is 13.1 Å². The molecule has 4 heteroatoms. The fourth-order valence-corrected chi connectivity index (χ4v) is 2.88. The van der Waals surface area contributed by atoms with Gasteiger partial charge in [0.2, 0.25) is 0 Å². The van der Waals surface area contributed by atoms with Gasteiger partial charge in [-0.3, -0.25) is 9.88 Å². The van der Waals surface area contributed by atoms with Crippen LogP contribution in [0.3, 0.4) is 0 Å². The Morgan fingerprint density at radius 1 is 1.24 bits per heavy atom. The van der Waals surface area contributed by atoms with Gasteiger partial charge in [0.15, 0.2) is 0 Å². The summed E-state index contributed by atoms with van der Waals surface area (Å²) in [4.78, 5) is 9.14. The molecule has 1 aromatic rings. The summed E-state index contributed by atoms with van der Waals surface area (Å²) < 4.78 is 0. The van der Waals surface area contributed by atoms with Gasteiger partial charge in [-0.2, -0.15) is 0 Å². The van der Waals surface area contributed by atoms with Crippen LogP contribution in [0.5, 0.6) is 0 Å². The minimum Gasteiger partial charge on any atom is -0.307 e. The van der Waals surface area contributed by atoms with Gasteiger partial charge >= 0.3 is 0 Å². The van der Waals surface area contributed by atoms with Gasteiger partial charge in [0.05, 0.1) is 0 Å². The van der Waals surface area contributed by atoms with E-state index >= 15 is 0 Å². The average molecular weight is 232 g/mol. The highest BCUT2D eigenvalue weighted by molar-refractivity contribution is 5.16. The Balaban J connectivity index is 1.68. The van der Waals surface area contributed by atoms with Gasteiger partial charge in [-0.25, -0.2) is 0 Å². The molecule has 0 aromatic carbocycles. The summed E-state index contributed by atoms with van der Waals surface area (Å²) in [5.41, 5.74) is 1.36. The van der Waals surface area contributed by atoms with Crippen molar-refractivity contribution in [2.45, 2.75) is 12.1 Å². The van der Waals surface area contributed by atoms with Gasteiger partial charge in [-0.15, -0.1) is 0 Å². The molecule has 2 fully saturated rings. The molecule has 17 heavy (non-hydrogen) atoms. The molecule has 3 rings (SSSR count). The maximum atomic E-state index is 4.08. The first-order valence-corrected chi connectivity index (χ1v) is 6.39. The van der Waals surface area contributed by atoms with Crippen molar-refractivity contribution in [1.82, 2.24) is 20.1 Å². The number of hydrogen-bond donors (Lipinski definition) is 1. The van der Waals surface area contributed by atoms with Crippen LogP contribution >= 0.6 is 0 Å². The number of rotatable bonds is 1. The molecule has 4 nitrogen and oxygen atoms in total. The van der Waals surface area contributed by atoms with E-state index in [0.29, 0.717) is 12.1 Å². The normalized spacial score (nSPS) is 31.1. The van der Waals surface area contributed by atoms with Crippen molar-refractivity contribution in [3.05, 3.63) is 30.1 Å². The van der Waals surface area contributed by atoms with Crippen molar-refractivity contribution >= 4 is 0 Å². The van der Waals surface area contributed by atoms with Crippen molar-refractivity contribution in [2.24, 2.45) is 0 Å². The third-order valence-corrected chi connectivity index (χ3v) is 3.93. The second kappa shape index (κ2) is 4.72. The zero-order valence-corrected chi connectivity index (χ0v) is 10.3. The van der Waals surface area contributed by atoms with Crippen LogP contribution in [0.15, 0.2) is 24.5 Å². The van der Waals surface area contributed by atoms with Crippen LogP contribution in [0, 0.1) is 0 Å². The van der Waals surface area contributed by atoms with Crippen LogP contribution in [0.1, 0.15) is 11.6 Å². The van der Waals surface area contributed by atoms with Gasteiger partial charge in [-0.05, 0) is 24.7 Å². The summed E-state index contributed by atoms with van der Waals surface area (Å²) in [5.74, 6) is 0.